The maximum Gasteiger partial charge on any atom is 0.322 e. The maximum absolute atomic E-state index is 12.5. The number of nitrogens with one attached hydrogen (secondary N) is 1. The normalized spacial score (nSPS) is 24.9. The fourth-order valence-electron chi connectivity index (χ4n) is 3.48. The smallest absolute Gasteiger partial charge is 0.322 e. The summed E-state index contributed by atoms with van der Waals surface area (Å²) in [6, 6.07) is -0.0497. The van der Waals surface area contributed by atoms with Crippen molar-refractivity contribution >= 4 is 11.9 Å². The van der Waals surface area contributed by atoms with E-state index in [0.717, 1.165) is 32.4 Å². The third-order valence-corrected chi connectivity index (χ3v) is 4.79. The molecule has 5 heteroatoms. The molecule has 1 aliphatic heterocycles. The summed E-state index contributed by atoms with van der Waals surface area (Å²) in [7, 11) is 1.42. The predicted molar refractivity (Wildman–Crippen MR) is 80.8 cm³/mol. The Bertz CT molecular complexity index is 367. The molecule has 0 aromatic heterocycles. The molecule has 21 heavy (non-hydrogen) atoms. The third kappa shape index (κ3) is 4.19. The van der Waals surface area contributed by atoms with E-state index in [9.17, 15) is 9.59 Å². The standard InChI is InChI=1S/C16H28N2O3/c1-3-14(16(20)21-2)17-13-9-10-18(11-13)15(19)12-7-5-4-6-8-12/h12-14,17H,3-11H2,1-2H3/t13-,14+/m1/s1. The van der Waals surface area contributed by atoms with E-state index in [0.29, 0.717) is 12.3 Å². The van der Waals surface area contributed by atoms with Crippen molar-refractivity contribution < 1.29 is 14.3 Å². The first-order chi connectivity index (χ1) is 10.2. The van der Waals surface area contributed by atoms with Gasteiger partial charge in [-0.2, -0.15) is 0 Å². The minimum absolute atomic E-state index is 0.210. The Hall–Kier alpha value is -1.10. The van der Waals surface area contributed by atoms with Crippen LogP contribution in [0, 0.1) is 5.92 Å². The second-order valence-corrected chi connectivity index (χ2v) is 6.26. The van der Waals surface area contributed by atoms with Crippen molar-refractivity contribution in [1.82, 2.24) is 10.2 Å². The summed E-state index contributed by atoms with van der Waals surface area (Å²) in [6.45, 7) is 3.50. The van der Waals surface area contributed by atoms with E-state index in [4.69, 9.17) is 4.74 Å². The Kier molecular flexibility index (Phi) is 6.03. The number of nitrogens with zero attached hydrogens (tertiary/aromatic N) is 1. The van der Waals surface area contributed by atoms with Crippen molar-refractivity contribution in [2.24, 2.45) is 5.92 Å². The number of rotatable bonds is 5. The van der Waals surface area contributed by atoms with Crippen LogP contribution < -0.4 is 5.32 Å². The molecule has 2 aliphatic rings. The van der Waals surface area contributed by atoms with Crippen molar-refractivity contribution in [3.05, 3.63) is 0 Å². The molecule has 1 heterocycles. The van der Waals surface area contributed by atoms with Crippen LogP contribution in [0.25, 0.3) is 0 Å². The number of carbonyl (C=O) groups excluding carboxylic acids is 2. The van der Waals surface area contributed by atoms with Crippen molar-refractivity contribution in [3.63, 3.8) is 0 Å². The molecule has 0 unspecified atom stereocenters. The Morgan fingerprint density at radius 1 is 1.24 bits per heavy atom. The zero-order valence-corrected chi connectivity index (χ0v) is 13.3. The number of hydrogen-bond donors (Lipinski definition) is 1. The van der Waals surface area contributed by atoms with E-state index in [1.165, 1.54) is 26.4 Å². The van der Waals surface area contributed by atoms with Gasteiger partial charge < -0.3 is 9.64 Å². The van der Waals surface area contributed by atoms with Crippen LogP contribution in [0.5, 0.6) is 0 Å². The van der Waals surface area contributed by atoms with Gasteiger partial charge in [-0.15, -0.1) is 0 Å². The van der Waals surface area contributed by atoms with Gasteiger partial charge in [0, 0.05) is 25.0 Å². The van der Waals surface area contributed by atoms with Gasteiger partial charge in [-0.3, -0.25) is 14.9 Å². The molecular weight excluding hydrogens is 268 g/mol. The van der Waals surface area contributed by atoms with Crippen LogP contribution in [-0.2, 0) is 14.3 Å². The van der Waals surface area contributed by atoms with Gasteiger partial charge in [-0.25, -0.2) is 0 Å². The predicted octanol–water partition coefficient (Wildman–Crippen LogP) is 1.71. The summed E-state index contributed by atoms with van der Waals surface area (Å²) in [5, 5.41) is 3.34. The number of hydrogen-bond acceptors (Lipinski definition) is 4. The van der Waals surface area contributed by atoms with E-state index >= 15 is 0 Å². The van der Waals surface area contributed by atoms with Crippen LogP contribution in [-0.4, -0.2) is 49.1 Å². The molecule has 2 rings (SSSR count). The molecule has 0 aromatic carbocycles. The summed E-state index contributed by atoms with van der Waals surface area (Å²) in [4.78, 5) is 26.1. The first-order valence-corrected chi connectivity index (χ1v) is 8.28. The van der Waals surface area contributed by atoms with E-state index in [1.807, 2.05) is 11.8 Å². The van der Waals surface area contributed by atoms with Crippen LogP contribution in [0.3, 0.4) is 0 Å². The highest BCUT2D eigenvalue weighted by Crippen LogP contribution is 2.26. The Balaban J connectivity index is 1.82. The first kappa shape index (κ1) is 16.3. The summed E-state index contributed by atoms with van der Waals surface area (Å²) >= 11 is 0. The Morgan fingerprint density at radius 2 is 1.95 bits per heavy atom. The topological polar surface area (TPSA) is 58.6 Å². The molecule has 0 bridgehead atoms. The van der Waals surface area contributed by atoms with Crippen molar-refractivity contribution in [2.45, 2.75) is 64.0 Å². The molecule has 1 saturated heterocycles. The van der Waals surface area contributed by atoms with Crippen molar-refractivity contribution in [3.8, 4) is 0 Å². The van der Waals surface area contributed by atoms with Crippen molar-refractivity contribution in [1.29, 1.82) is 0 Å². The highest BCUT2D eigenvalue weighted by molar-refractivity contribution is 5.79. The molecule has 120 valence electrons. The molecule has 1 saturated carbocycles. The van der Waals surface area contributed by atoms with Crippen LogP contribution >= 0.6 is 0 Å². The van der Waals surface area contributed by atoms with Gasteiger partial charge >= 0.3 is 5.97 Å². The van der Waals surface area contributed by atoms with Crippen LogP contribution in [0.1, 0.15) is 51.9 Å². The van der Waals surface area contributed by atoms with Gasteiger partial charge in [0.25, 0.3) is 0 Å². The lowest BCUT2D eigenvalue weighted by atomic mass is 9.88. The van der Waals surface area contributed by atoms with Crippen LogP contribution in [0.2, 0.25) is 0 Å². The lowest BCUT2D eigenvalue weighted by Gasteiger charge is -2.26. The zero-order valence-electron chi connectivity index (χ0n) is 13.3. The summed E-state index contributed by atoms with van der Waals surface area (Å²) in [5.41, 5.74) is 0. The quantitative estimate of drug-likeness (QED) is 0.785. The van der Waals surface area contributed by atoms with Gasteiger partial charge in [0.1, 0.15) is 6.04 Å². The molecule has 1 aliphatic carbocycles. The summed E-state index contributed by atoms with van der Waals surface area (Å²) < 4.78 is 4.80. The van der Waals surface area contributed by atoms with E-state index < -0.39 is 0 Å². The molecule has 5 nitrogen and oxygen atoms in total. The number of ether oxygens (including phenoxy) is 1. The van der Waals surface area contributed by atoms with E-state index in [1.54, 1.807) is 0 Å². The molecule has 1 N–H and O–H groups in total. The van der Waals surface area contributed by atoms with E-state index in [-0.39, 0.29) is 24.0 Å². The average molecular weight is 296 g/mol. The fourth-order valence-corrected chi connectivity index (χ4v) is 3.48. The van der Waals surface area contributed by atoms with Gasteiger partial charge in [0.15, 0.2) is 0 Å². The lowest BCUT2D eigenvalue weighted by molar-refractivity contribution is -0.143. The SMILES string of the molecule is CC[C@H](N[C@@H]1CCN(C(=O)C2CCCCC2)C1)C(=O)OC. The molecule has 0 aromatic rings. The minimum Gasteiger partial charge on any atom is -0.468 e. The van der Waals surface area contributed by atoms with E-state index in [2.05, 4.69) is 5.32 Å². The van der Waals surface area contributed by atoms with Gasteiger partial charge in [-0.05, 0) is 25.7 Å². The number of esters is 1. The number of carbonyl (C=O) groups is 2. The Labute approximate surface area is 127 Å². The van der Waals surface area contributed by atoms with Crippen LogP contribution in [0.15, 0.2) is 0 Å². The highest BCUT2D eigenvalue weighted by Gasteiger charge is 2.33. The number of likely N-dealkylation sites (tertiary alicyclic amines) is 1. The monoisotopic (exact) mass is 296 g/mol. The van der Waals surface area contributed by atoms with Crippen LogP contribution in [0.4, 0.5) is 0 Å². The summed E-state index contributed by atoms with van der Waals surface area (Å²) in [6.07, 6.45) is 7.37. The van der Waals surface area contributed by atoms with Gasteiger partial charge in [-0.1, -0.05) is 26.2 Å². The second-order valence-electron chi connectivity index (χ2n) is 6.26. The van der Waals surface area contributed by atoms with Gasteiger partial charge in [0.2, 0.25) is 5.91 Å². The maximum atomic E-state index is 12.5. The molecular formula is C16H28N2O3. The molecule has 2 atom stereocenters. The molecule has 0 spiro atoms. The third-order valence-electron chi connectivity index (χ3n) is 4.79. The number of methoxy groups -OCH3 is 1. The Morgan fingerprint density at radius 3 is 2.57 bits per heavy atom. The molecule has 1 amide bonds. The minimum atomic E-state index is -0.260. The fraction of sp³-hybridized carbons (Fsp3) is 0.875. The highest BCUT2D eigenvalue weighted by atomic mass is 16.5. The molecule has 0 radical (unpaired) electrons. The summed E-state index contributed by atoms with van der Waals surface area (Å²) in [5.74, 6) is 0.347. The van der Waals surface area contributed by atoms with Gasteiger partial charge in [0.05, 0.1) is 7.11 Å². The number of amides is 1. The second kappa shape index (κ2) is 7.78. The van der Waals surface area contributed by atoms with Crippen molar-refractivity contribution in [2.75, 3.05) is 20.2 Å². The lowest BCUT2D eigenvalue weighted by Crippen LogP contribution is -2.45. The zero-order chi connectivity index (χ0) is 15.2. The molecule has 2 fully saturated rings. The average Bonchev–Trinajstić information content (AvgIpc) is 3.00. The first-order valence-electron chi connectivity index (χ1n) is 8.28. The largest absolute Gasteiger partial charge is 0.468 e.